The predicted molar refractivity (Wildman–Crippen MR) is 87.0 cm³/mol. The smallest absolute Gasteiger partial charge is 0.254 e. The molecule has 1 atom stereocenters. The number of para-hydroxylation sites is 2. The lowest BCUT2D eigenvalue weighted by Gasteiger charge is -2.31. The van der Waals surface area contributed by atoms with Gasteiger partial charge in [-0.25, -0.2) is 8.42 Å². The maximum Gasteiger partial charge on any atom is 0.254 e. The van der Waals surface area contributed by atoms with Gasteiger partial charge in [-0.1, -0.05) is 30.3 Å². The molecule has 3 rings (SSSR count). The number of sulfonamides is 1. The van der Waals surface area contributed by atoms with E-state index in [2.05, 4.69) is 5.32 Å². The average molecular weight is 330 g/mol. The van der Waals surface area contributed by atoms with E-state index in [1.165, 1.54) is 19.2 Å². The third-order valence-corrected chi connectivity index (χ3v) is 5.69. The Bertz CT molecular complexity index is 878. The highest BCUT2D eigenvalue weighted by Crippen LogP contribution is 2.32. The molecule has 0 bridgehead atoms. The van der Waals surface area contributed by atoms with E-state index in [4.69, 9.17) is 0 Å². The Labute approximate surface area is 133 Å². The van der Waals surface area contributed by atoms with E-state index in [9.17, 15) is 18.0 Å². The lowest BCUT2D eigenvalue weighted by molar-refractivity contribution is -0.115. The first kappa shape index (κ1) is 15.2. The minimum atomic E-state index is -4.11. The molecule has 1 N–H and O–H groups in total. The highest BCUT2D eigenvalue weighted by Gasteiger charge is 2.47. The number of hydrogen-bond donors (Lipinski definition) is 1. The standard InChI is InChI=1S/C16H14N2O4S/c1-18-13-10-6-5-9-12(13)14(19)15(23(18,21)22)16(20)17-11-7-3-2-4-8-11/h2-10,15H,1H3,(H,17,20). The molecule has 7 heteroatoms. The fraction of sp³-hybridized carbons (Fsp3) is 0.125. The lowest BCUT2D eigenvalue weighted by Crippen LogP contribution is -2.51. The molecule has 1 amide bonds. The summed E-state index contributed by atoms with van der Waals surface area (Å²) in [5, 5.41) is 0.694. The number of hydrogen-bond acceptors (Lipinski definition) is 4. The summed E-state index contributed by atoms with van der Waals surface area (Å²) in [6, 6.07) is 14.7. The van der Waals surface area contributed by atoms with E-state index in [1.807, 2.05) is 0 Å². The number of ketones is 1. The molecule has 0 radical (unpaired) electrons. The Kier molecular flexibility index (Phi) is 3.65. The van der Waals surface area contributed by atoms with Crippen LogP contribution in [0.1, 0.15) is 10.4 Å². The average Bonchev–Trinajstić information content (AvgIpc) is 2.54. The number of anilines is 2. The Morgan fingerprint density at radius 3 is 2.35 bits per heavy atom. The molecule has 1 aliphatic rings. The molecular formula is C16H14N2O4S. The molecule has 0 spiro atoms. The van der Waals surface area contributed by atoms with Crippen LogP contribution >= 0.6 is 0 Å². The fourth-order valence-electron chi connectivity index (χ4n) is 2.51. The number of amides is 1. The summed E-state index contributed by atoms with van der Waals surface area (Å²) < 4.78 is 26.1. The van der Waals surface area contributed by atoms with Crippen molar-refractivity contribution in [3.8, 4) is 0 Å². The van der Waals surface area contributed by atoms with E-state index >= 15 is 0 Å². The van der Waals surface area contributed by atoms with Gasteiger partial charge in [0.05, 0.1) is 5.69 Å². The number of rotatable bonds is 2. The second-order valence-corrected chi connectivity index (χ2v) is 7.18. The Balaban J connectivity index is 2.02. The third-order valence-electron chi connectivity index (χ3n) is 3.71. The van der Waals surface area contributed by atoms with Gasteiger partial charge in [0.25, 0.3) is 15.9 Å². The van der Waals surface area contributed by atoms with E-state index in [1.54, 1.807) is 42.5 Å². The number of carbonyl (C=O) groups excluding carboxylic acids is 2. The predicted octanol–water partition coefficient (Wildman–Crippen LogP) is 1.66. The number of nitrogens with zero attached hydrogens (tertiary/aromatic N) is 1. The Morgan fingerprint density at radius 2 is 1.65 bits per heavy atom. The van der Waals surface area contributed by atoms with Crippen molar-refractivity contribution in [3.63, 3.8) is 0 Å². The summed E-state index contributed by atoms with van der Waals surface area (Å²) in [5.41, 5.74) is 0.932. The lowest BCUT2D eigenvalue weighted by atomic mass is 10.0. The van der Waals surface area contributed by atoms with Gasteiger partial charge in [0.2, 0.25) is 5.25 Å². The fourth-order valence-corrected chi connectivity index (χ4v) is 3.99. The van der Waals surface area contributed by atoms with Gasteiger partial charge in [0, 0.05) is 18.3 Å². The molecule has 1 aliphatic heterocycles. The summed E-state index contributed by atoms with van der Waals surface area (Å²) in [6.07, 6.45) is 0. The van der Waals surface area contributed by atoms with Crippen LogP contribution in [0.25, 0.3) is 0 Å². The van der Waals surface area contributed by atoms with Gasteiger partial charge in [0.1, 0.15) is 0 Å². The zero-order chi connectivity index (χ0) is 16.6. The summed E-state index contributed by atoms with van der Waals surface area (Å²) in [4.78, 5) is 25.0. The highest BCUT2D eigenvalue weighted by molar-refractivity contribution is 7.95. The quantitative estimate of drug-likeness (QED) is 0.849. The summed E-state index contributed by atoms with van der Waals surface area (Å²) >= 11 is 0. The Morgan fingerprint density at radius 1 is 1.04 bits per heavy atom. The molecule has 23 heavy (non-hydrogen) atoms. The molecule has 0 aromatic heterocycles. The number of nitrogens with one attached hydrogen (secondary N) is 1. The molecule has 0 saturated heterocycles. The van der Waals surface area contributed by atoms with Crippen molar-refractivity contribution in [1.29, 1.82) is 0 Å². The molecule has 1 unspecified atom stereocenters. The molecule has 118 valence electrons. The summed E-state index contributed by atoms with van der Waals surface area (Å²) in [5.74, 6) is -1.57. The van der Waals surface area contributed by atoms with Crippen LogP contribution in [-0.2, 0) is 14.8 Å². The van der Waals surface area contributed by atoms with Gasteiger partial charge in [-0.3, -0.25) is 13.9 Å². The van der Waals surface area contributed by atoms with Crippen molar-refractivity contribution in [2.75, 3.05) is 16.7 Å². The minimum Gasteiger partial charge on any atom is -0.324 e. The van der Waals surface area contributed by atoms with Gasteiger partial charge in [-0.2, -0.15) is 0 Å². The maximum atomic E-state index is 12.6. The molecule has 0 saturated carbocycles. The van der Waals surface area contributed by atoms with E-state index in [0.717, 1.165) is 4.31 Å². The molecule has 0 fully saturated rings. The van der Waals surface area contributed by atoms with Crippen LogP contribution in [0, 0.1) is 0 Å². The highest BCUT2D eigenvalue weighted by atomic mass is 32.2. The van der Waals surface area contributed by atoms with Gasteiger partial charge < -0.3 is 5.32 Å². The largest absolute Gasteiger partial charge is 0.324 e. The first-order chi connectivity index (χ1) is 10.9. The van der Waals surface area contributed by atoms with E-state index < -0.39 is 27.0 Å². The first-order valence-electron chi connectivity index (χ1n) is 6.90. The Hall–Kier alpha value is -2.67. The maximum absolute atomic E-state index is 12.6. The number of fused-ring (bicyclic) bond motifs is 1. The van der Waals surface area contributed by atoms with Crippen LogP contribution in [0.3, 0.4) is 0 Å². The number of Topliss-reactive ketones (excluding diaryl/α,β-unsaturated/α-hetero) is 1. The van der Waals surface area contributed by atoms with E-state index in [-0.39, 0.29) is 11.3 Å². The summed E-state index contributed by atoms with van der Waals surface area (Å²) in [7, 11) is -2.78. The zero-order valence-electron chi connectivity index (χ0n) is 12.3. The van der Waals surface area contributed by atoms with E-state index in [0.29, 0.717) is 5.69 Å². The first-order valence-corrected chi connectivity index (χ1v) is 8.40. The second-order valence-electron chi connectivity index (χ2n) is 5.13. The SMILES string of the molecule is CN1c2ccccc2C(=O)C(C(=O)Nc2ccccc2)S1(=O)=O. The second kappa shape index (κ2) is 5.51. The van der Waals surface area contributed by atoms with Crippen LogP contribution in [0.2, 0.25) is 0 Å². The third kappa shape index (κ3) is 2.49. The van der Waals surface area contributed by atoms with Crippen LogP contribution < -0.4 is 9.62 Å². The van der Waals surface area contributed by atoms with Gasteiger partial charge in [-0.05, 0) is 24.3 Å². The number of carbonyl (C=O) groups is 2. The van der Waals surface area contributed by atoms with Crippen LogP contribution in [0.15, 0.2) is 54.6 Å². The summed E-state index contributed by atoms with van der Waals surface area (Å²) in [6.45, 7) is 0. The molecule has 6 nitrogen and oxygen atoms in total. The van der Waals surface area contributed by atoms with Crippen molar-refractivity contribution in [2.24, 2.45) is 0 Å². The van der Waals surface area contributed by atoms with Crippen LogP contribution in [-0.4, -0.2) is 32.4 Å². The van der Waals surface area contributed by atoms with Crippen molar-refractivity contribution < 1.29 is 18.0 Å². The zero-order valence-corrected chi connectivity index (χ0v) is 13.1. The monoisotopic (exact) mass is 330 g/mol. The van der Waals surface area contributed by atoms with Crippen LogP contribution in [0.5, 0.6) is 0 Å². The molecule has 2 aromatic carbocycles. The van der Waals surface area contributed by atoms with Gasteiger partial charge in [0.15, 0.2) is 5.78 Å². The van der Waals surface area contributed by atoms with Gasteiger partial charge >= 0.3 is 0 Å². The minimum absolute atomic E-state index is 0.220. The molecular weight excluding hydrogens is 316 g/mol. The van der Waals surface area contributed by atoms with Crippen LogP contribution in [0.4, 0.5) is 11.4 Å². The van der Waals surface area contributed by atoms with Crippen molar-refractivity contribution in [1.82, 2.24) is 0 Å². The van der Waals surface area contributed by atoms with Gasteiger partial charge in [-0.15, -0.1) is 0 Å². The normalized spacial score (nSPS) is 19.1. The van der Waals surface area contributed by atoms with Crippen molar-refractivity contribution in [3.05, 3.63) is 60.2 Å². The van der Waals surface area contributed by atoms with Crippen molar-refractivity contribution in [2.45, 2.75) is 5.25 Å². The topological polar surface area (TPSA) is 83.6 Å². The number of benzene rings is 2. The molecule has 2 aromatic rings. The molecule has 1 heterocycles. The molecule has 0 aliphatic carbocycles. The van der Waals surface area contributed by atoms with Crippen molar-refractivity contribution >= 4 is 33.1 Å².